The molecule has 0 rings (SSSR count). The maximum absolute atomic E-state index is 12.1. The molecule has 0 saturated carbocycles. The normalized spacial score (nSPS) is 14.0. The first-order valence-electron chi connectivity index (χ1n) is 4.80. The summed E-state index contributed by atoms with van der Waals surface area (Å²) in [6.07, 6.45) is 0.427. The van der Waals surface area contributed by atoms with Crippen LogP contribution in [-0.4, -0.2) is 18.3 Å². The molecule has 14 heavy (non-hydrogen) atoms. The van der Waals surface area contributed by atoms with E-state index >= 15 is 0 Å². The van der Waals surface area contributed by atoms with Crippen LogP contribution in [0.5, 0.6) is 0 Å². The fraction of sp³-hybridized carbons (Fsp3) is 0.778. The average molecular weight is 222 g/mol. The largest absolute Gasteiger partial charge is 0.512 e. The molecule has 0 fully saturated rings. The SMILES string of the molecule is CCOP(=O)(OCC)/C(C)=C(\O)CC. The number of aliphatic hydroxyl groups excluding tert-OH is 1. The number of aliphatic hydroxyl groups is 1. The van der Waals surface area contributed by atoms with Gasteiger partial charge in [-0.05, 0) is 20.8 Å². The summed E-state index contributed by atoms with van der Waals surface area (Å²) in [5, 5.41) is 9.77. The molecule has 0 aliphatic carbocycles. The van der Waals surface area contributed by atoms with Crippen LogP contribution >= 0.6 is 7.60 Å². The second-order valence-corrected chi connectivity index (χ2v) is 4.90. The van der Waals surface area contributed by atoms with E-state index in [1.54, 1.807) is 27.7 Å². The zero-order valence-electron chi connectivity index (χ0n) is 9.24. The van der Waals surface area contributed by atoms with Crippen LogP contribution in [0.25, 0.3) is 0 Å². The molecule has 0 saturated heterocycles. The number of rotatable bonds is 6. The zero-order chi connectivity index (χ0) is 11.2. The van der Waals surface area contributed by atoms with Crippen molar-refractivity contribution in [3.63, 3.8) is 0 Å². The number of allylic oxidation sites excluding steroid dienone is 2. The van der Waals surface area contributed by atoms with E-state index in [1.165, 1.54) is 0 Å². The predicted molar refractivity (Wildman–Crippen MR) is 56.5 cm³/mol. The maximum Gasteiger partial charge on any atom is 0.360 e. The molecule has 4 nitrogen and oxygen atoms in total. The summed E-state index contributed by atoms with van der Waals surface area (Å²) < 4.78 is 22.2. The molecule has 0 atom stereocenters. The summed E-state index contributed by atoms with van der Waals surface area (Å²) in [7, 11) is -3.25. The molecule has 0 unspecified atom stereocenters. The van der Waals surface area contributed by atoms with E-state index in [0.717, 1.165) is 0 Å². The number of hydrogen-bond donors (Lipinski definition) is 1. The minimum Gasteiger partial charge on any atom is -0.512 e. The molecule has 1 N–H and O–H groups in total. The first-order chi connectivity index (χ1) is 6.51. The van der Waals surface area contributed by atoms with Crippen LogP contribution in [0, 0.1) is 0 Å². The van der Waals surface area contributed by atoms with E-state index in [0.29, 0.717) is 24.9 Å². The van der Waals surface area contributed by atoms with Crippen molar-refractivity contribution < 1.29 is 18.7 Å². The summed E-state index contributed by atoms with van der Waals surface area (Å²) in [5.41, 5.74) is 0. The second-order valence-electron chi connectivity index (χ2n) is 2.72. The molecule has 0 aromatic heterocycles. The van der Waals surface area contributed by atoms with Gasteiger partial charge in [0.1, 0.15) is 5.76 Å². The Balaban J connectivity index is 4.91. The van der Waals surface area contributed by atoms with Gasteiger partial charge in [-0.2, -0.15) is 0 Å². The van der Waals surface area contributed by atoms with Gasteiger partial charge in [-0.15, -0.1) is 0 Å². The summed E-state index contributed by atoms with van der Waals surface area (Å²) in [6, 6.07) is 0. The molecular formula is C9H19O4P. The Labute approximate surface area is 85.5 Å². The lowest BCUT2D eigenvalue weighted by atomic mass is 10.4. The Morgan fingerprint density at radius 3 is 1.93 bits per heavy atom. The average Bonchev–Trinajstić information content (AvgIpc) is 2.16. The molecule has 84 valence electrons. The van der Waals surface area contributed by atoms with E-state index in [1.807, 2.05) is 0 Å². The minimum absolute atomic E-state index is 0.0789. The topological polar surface area (TPSA) is 55.8 Å². The van der Waals surface area contributed by atoms with Crippen LogP contribution in [0.15, 0.2) is 11.1 Å². The van der Waals surface area contributed by atoms with E-state index in [4.69, 9.17) is 9.05 Å². The van der Waals surface area contributed by atoms with Crippen LogP contribution in [0.3, 0.4) is 0 Å². The summed E-state index contributed by atoms with van der Waals surface area (Å²) in [5.74, 6) is 0.0789. The molecule has 0 amide bonds. The Bertz CT molecular complexity index is 237. The third-order valence-electron chi connectivity index (χ3n) is 1.76. The van der Waals surface area contributed by atoms with Crippen molar-refractivity contribution in [3.8, 4) is 0 Å². The third-order valence-corrected chi connectivity index (χ3v) is 4.04. The van der Waals surface area contributed by atoms with Crippen molar-refractivity contribution >= 4 is 7.60 Å². The smallest absolute Gasteiger partial charge is 0.360 e. The maximum atomic E-state index is 12.1. The van der Waals surface area contributed by atoms with Gasteiger partial charge in [0.25, 0.3) is 0 Å². The van der Waals surface area contributed by atoms with Gasteiger partial charge in [0.05, 0.1) is 18.5 Å². The van der Waals surface area contributed by atoms with E-state index in [9.17, 15) is 9.67 Å². The lowest BCUT2D eigenvalue weighted by Gasteiger charge is -2.18. The van der Waals surface area contributed by atoms with Gasteiger partial charge in [0.2, 0.25) is 0 Å². The van der Waals surface area contributed by atoms with E-state index in [-0.39, 0.29) is 5.76 Å². The second kappa shape index (κ2) is 6.23. The highest BCUT2D eigenvalue weighted by Crippen LogP contribution is 2.56. The minimum atomic E-state index is -3.25. The fourth-order valence-electron chi connectivity index (χ4n) is 0.985. The Morgan fingerprint density at radius 1 is 1.21 bits per heavy atom. The van der Waals surface area contributed by atoms with Gasteiger partial charge in [-0.1, -0.05) is 6.92 Å². The van der Waals surface area contributed by atoms with Crippen molar-refractivity contribution in [2.75, 3.05) is 13.2 Å². The van der Waals surface area contributed by atoms with Gasteiger partial charge >= 0.3 is 7.60 Å². The van der Waals surface area contributed by atoms with Crippen molar-refractivity contribution in [2.45, 2.75) is 34.1 Å². The molecule has 5 heteroatoms. The van der Waals surface area contributed by atoms with Crippen molar-refractivity contribution in [1.29, 1.82) is 0 Å². The van der Waals surface area contributed by atoms with Crippen LogP contribution in [0.4, 0.5) is 0 Å². The molecular weight excluding hydrogens is 203 g/mol. The highest BCUT2D eigenvalue weighted by atomic mass is 31.2. The van der Waals surface area contributed by atoms with E-state index in [2.05, 4.69) is 0 Å². The summed E-state index contributed by atoms with van der Waals surface area (Å²) in [6.45, 7) is 7.42. The van der Waals surface area contributed by atoms with E-state index < -0.39 is 7.60 Å². The van der Waals surface area contributed by atoms with Crippen LogP contribution in [-0.2, 0) is 13.6 Å². The first-order valence-corrected chi connectivity index (χ1v) is 6.34. The summed E-state index contributed by atoms with van der Waals surface area (Å²) >= 11 is 0. The van der Waals surface area contributed by atoms with Gasteiger partial charge in [0, 0.05) is 6.42 Å². The van der Waals surface area contributed by atoms with Crippen molar-refractivity contribution in [3.05, 3.63) is 11.1 Å². The highest BCUT2D eigenvalue weighted by molar-refractivity contribution is 7.58. The van der Waals surface area contributed by atoms with Gasteiger partial charge in [-0.3, -0.25) is 4.57 Å². The van der Waals surface area contributed by atoms with Gasteiger partial charge in [0.15, 0.2) is 0 Å². The molecule has 0 aromatic carbocycles. The monoisotopic (exact) mass is 222 g/mol. The van der Waals surface area contributed by atoms with Gasteiger partial charge in [-0.25, -0.2) is 0 Å². The number of hydrogen-bond acceptors (Lipinski definition) is 4. The lowest BCUT2D eigenvalue weighted by molar-refractivity contribution is 0.224. The third kappa shape index (κ3) is 3.45. The van der Waals surface area contributed by atoms with Crippen LogP contribution in [0.1, 0.15) is 34.1 Å². The molecule has 0 aromatic rings. The molecule has 0 bridgehead atoms. The molecule has 0 heterocycles. The van der Waals surface area contributed by atoms with Gasteiger partial charge < -0.3 is 14.2 Å². The Hall–Kier alpha value is -0.310. The molecule has 0 aliphatic rings. The molecule has 0 aliphatic heterocycles. The van der Waals surface area contributed by atoms with Crippen LogP contribution in [0.2, 0.25) is 0 Å². The Kier molecular flexibility index (Phi) is 6.09. The van der Waals surface area contributed by atoms with Crippen molar-refractivity contribution in [2.24, 2.45) is 0 Å². The fourth-order valence-corrected chi connectivity index (χ4v) is 2.60. The predicted octanol–water partition coefficient (Wildman–Crippen LogP) is 3.45. The standard InChI is InChI=1S/C9H19O4P/c1-5-9(10)8(4)14(11,12-6-2)13-7-3/h10H,5-7H2,1-4H3/b9-8-. The lowest BCUT2D eigenvalue weighted by Crippen LogP contribution is -1.99. The quantitative estimate of drug-likeness (QED) is 0.552. The van der Waals surface area contributed by atoms with Crippen LogP contribution < -0.4 is 0 Å². The first kappa shape index (κ1) is 13.7. The Morgan fingerprint density at radius 2 is 1.64 bits per heavy atom. The molecule has 0 radical (unpaired) electrons. The highest BCUT2D eigenvalue weighted by Gasteiger charge is 2.28. The molecule has 0 spiro atoms. The summed E-state index contributed by atoms with van der Waals surface area (Å²) in [4.78, 5) is 0. The zero-order valence-corrected chi connectivity index (χ0v) is 10.1. The van der Waals surface area contributed by atoms with Crippen molar-refractivity contribution in [1.82, 2.24) is 0 Å².